The van der Waals surface area contributed by atoms with Crippen molar-refractivity contribution in [1.82, 2.24) is 5.32 Å². The number of carbonyl (C=O) groups excluding carboxylic acids is 2. The van der Waals surface area contributed by atoms with Crippen molar-refractivity contribution in [3.05, 3.63) is 60.8 Å². The first-order valence-electron chi connectivity index (χ1n) is 21.4. The van der Waals surface area contributed by atoms with Crippen LogP contribution in [0.1, 0.15) is 200 Å². The van der Waals surface area contributed by atoms with Crippen LogP contribution in [0.25, 0.3) is 0 Å². The van der Waals surface area contributed by atoms with Crippen molar-refractivity contribution in [1.29, 1.82) is 0 Å². The number of esters is 1. The fourth-order valence-electron chi connectivity index (χ4n) is 6.00. The summed E-state index contributed by atoms with van der Waals surface area (Å²) >= 11 is 0. The highest BCUT2D eigenvalue weighted by atomic mass is 16.5. The van der Waals surface area contributed by atoms with E-state index in [-0.39, 0.29) is 24.5 Å². The Morgan fingerprint density at radius 1 is 0.538 bits per heavy atom. The average Bonchev–Trinajstić information content (AvgIpc) is 3.13. The maximum atomic E-state index is 12.7. The predicted octanol–water partition coefficient (Wildman–Crippen LogP) is 13.2. The van der Waals surface area contributed by atoms with E-state index in [1.54, 1.807) is 0 Å². The van der Waals surface area contributed by atoms with E-state index in [0.29, 0.717) is 12.8 Å². The van der Waals surface area contributed by atoms with Gasteiger partial charge in [-0.25, -0.2) is 0 Å². The number of carbonyl (C=O) groups is 3. The summed E-state index contributed by atoms with van der Waals surface area (Å²) in [6.45, 7) is 4.07. The van der Waals surface area contributed by atoms with Crippen LogP contribution in [0.15, 0.2) is 60.8 Å². The summed E-state index contributed by atoms with van der Waals surface area (Å²) in [6, 6.07) is 0. The molecule has 0 rings (SSSR count). The quantitative estimate of drug-likeness (QED) is 0.0375. The first kappa shape index (κ1) is 49.1. The van der Waals surface area contributed by atoms with E-state index in [9.17, 15) is 14.4 Å². The Labute approximate surface area is 320 Å². The number of amides is 1. The molecule has 1 atom stereocenters. The first-order chi connectivity index (χ1) is 25.5. The first-order valence-corrected chi connectivity index (χ1v) is 21.4. The van der Waals surface area contributed by atoms with Crippen molar-refractivity contribution < 1.29 is 24.2 Å². The van der Waals surface area contributed by atoms with Gasteiger partial charge in [-0.1, -0.05) is 165 Å². The molecule has 0 aromatic rings. The van der Waals surface area contributed by atoms with E-state index in [1.807, 2.05) is 0 Å². The van der Waals surface area contributed by atoms with Crippen molar-refractivity contribution >= 4 is 17.8 Å². The number of unbranched alkanes of at least 4 members (excludes halogenated alkanes) is 19. The third kappa shape index (κ3) is 39.9. The molecule has 6 heteroatoms. The lowest BCUT2D eigenvalue weighted by Gasteiger charge is -2.15. The van der Waals surface area contributed by atoms with Crippen LogP contribution in [-0.2, 0) is 19.1 Å². The Bertz CT molecular complexity index is 979. The second-order valence-corrected chi connectivity index (χ2v) is 14.2. The molecule has 0 fully saturated rings. The molecule has 0 aliphatic carbocycles. The third-order valence-electron chi connectivity index (χ3n) is 9.16. The van der Waals surface area contributed by atoms with E-state index in [4.69, 9.17) is 9.84 Å². The summed E-state index contributed by atoms with van der Waals surface area (Å²) in [5, 5.41) is 11.1. The molecule has 0 saturated heterocycles. The third-order valence-corrected chi connectivity index (χ3v) is 9.16. The van der Waals surface area contributed by atoms with E-state index >= 15 is 0 Å². The van der Waals surface area contributed by atoms with Crippen molar-refractivity contribution in [3.8, 4) is 0 Å². The second kappa shape index (κ2) is 40.9. The fourth-order valence-corrected chi connectivity index (χ4v) is 6.00. The Hall–Kier alpha value is -2.89. The molecule has 0 radical (unpaired) electrons. The number of aliphatic carboxylic acids is 1. The van der Waals surface area contributed by atoms with Gasteiger partial charge in [0.05, 0.1) is 0 Å². The number of allylic oxidation sites excluding steroid dienone is 9. The number of ether oxygens (including phenoxy) is 1. The highest BCUT2D eigenvalue weighted by Crippen LogP contribution is 2.16. The standard InChI is InChI=1S/C46H79NO5/c1-3-5-7-9-11-13-14-15-16-17-18-19-20-21-22-23-24-25-26-27-29-31-37-41-46(51)52-43(38-34-30-28-12-10-8-6-4-2)39-35-32-33-36-40-44(48)47-42-45(49)50/h5,7,11,13,15-16,18-19,34,38,43H,3-4,6,8-10,12,14,17,20-33,35-37,39-42H2,1-2H3,(H,47,48)(H,49,50)/b7-5-,13-11-,16-15-,19-18-,38-34-. The Morgan fingerprint density at radius 2 is 1.00 bits per heavy atom. The molecule has 52 heavy (non-hydrogen) atoms. The summed E-state index contributed by atoms with van der Waals surface area (Å²) in [5.74, 6) is -1.33. The van der Waals surface area contributed by atoms with Crippen LogP contribution in [0.3, 0.4) is 0 Å². The van der Waals surface area contributed by atoms with Gasteiger partial charge in [-0.05, 0) is 83.1 Å². The van der Waals surface area contributed by atoms with Gasteiger partial charge in [0.2, 0.25) is 5.91 Å². The zero-order valence-corrected chi connectivity index (χ0v) is 33.6. The minimum absolute atomic E-state index is 0.0883. The summed E-state index contributed by atoms with van der Waals surface area (Å²) in [5.41, 5.74) is 0. The summed E-state index contributed by atoms with van der Waals surface area (Å²) in [7, 11) is 0. The van der Waals surface area contributed by atoms with Crippen molar-refractivity contribution in [2.75, 3.05) is 6.54 Å². The van der Waals surface area contributed by atoms with Gasteiger partial charge in [0.25, 0.3) is 0 Å². The number of carboxylic acid groups (broad SMARTS) is 1. The van der Waals surface area contributed by atoms with Gasteiger partial charge >= 0.3 is 11.9 Å². The zero-order chi connectivity index (χ0) is 38.0. The number of rotatable bonds is 38. The molecule has 0 bridgehead atoms. The predicted molar refractivity (Wildman–Crippen MR) is 221 cm³/mol. The van der Waals surface area contributed by atoms with Crippen molar-refractivity contribution in [2.45, 2.75) is 206 Å². The largest absolute Gasteiger partial charge is 0.480 e. The molecule has 0 saturated carbocycles. The molecule has 0 aromatic heterocycles. The van der Waals surface area contributed by atoms with Crippen LogP contribution in [0.4, 0.5) is 0 Å². The van der Waals surface area contributed by atoms with Gasteiger partial charge in [-0.15, -0.1) is 0 Å². The van der Waals surface area contributed by atoms with E-state index in [2.05, 4.69) is 79.9 Å². The maximum absolute atomic E-state index is 12.7. The molecule has 0 spiro atoms. The van der Waals surface area contributed by atoms with Gasteiger partial charge in [0.15, 0.2) is 0 Å². The highest BCUT2D eigenvalue weighted by Gasteiger charge is 2.12. The van der Waals surface area contributed by atoms with Crippen molar-refractivity contribution in [2.24, 2.45) is 0 Å². The molecule has 1 unspecified atom stereocenters. The molecular formula is C46H79NO5. The second-order valence-electron chi connectivity index (χ2n) is 14.2. The van der Waals surface area contributed by atoms with Crippen LogP contribution >= 0.6 is 0 Å². The van der Waals surface area contributed by atoms with Gasteiger partial charge in [0, 0.05) is 12.8 Å². The summed E-state index contributed by atoms with van der Waals surface area (Å²) in [4.78, 5) is 35.0. The molecule has 298 valence electrons. The molecule has 0 aromatic carbocycles. The molecule has 6 nitrogen and oxygen atoms in total. The molecule has 0 aliphatic heterocycles. The monoisotopic (exact) mass is 726 g/mol. The van der Waals surface area contributed by atoms with Gasteiger partial charge in [0.1, 0.15) is 12.6 Å². The smallest absolute Gasteiger partial charge is 0.322 e. The number of hydrogen-bond donors (Lipinski definition) is 2. The molecule has 0 aliphatic rings. The van der Waals surface area contributed by atoms with E-state index in [1.165, 1.54) is 96.3 Å². The lowest BCUT2D eigenvalue weighted by molar-refractivity contribution is -0.147. The number of hydrogen-bond acceptors (Lipinski definition) is 4. The van der Waals surface area contributed by atoms with Crippen LogP contribution in [0.5, 0.6) is 0 Å². The lowest BCUT2D eigenvalue weighted by Crippen LogP contribution is -2.28. The van der Waals surface area contributed by atoms with Crippen LogP contribution in [0.2, 0.25) is 0 Å². The van der Waals surface area contributed by atoms with Crippen LogP contribution in [-0.4, -0.2) is 35.6 Å². The molecule has 1 amide bonds. The van der Waals surface area contributed by atoms with Crippen LogP contribution < -0.4 is 5.32 Å². The van der Waals surface area contributed by atoms with Gasteiger partial charge < -0.3 is 15.2 Å². The fraction of sp³-hybridized carbons (Fsp3) is 0.717. The molecule has 0 heterocycles. The number of nitrogens with one attached hydrogen (secondary N) is 1. The zero-order valence-electron chi connectivity index (χ0n) is 33.6. The Kier molecular flexibility index (Phi) is 38.6. The topological polar surface area (TPSA) is 92.7 Å². The minimum Gasteiger partial charge on any atom is -0.480 e. The van der Waals surface area contributed by atoms with Gasteiger partial charge in [-0.2, -0.15) is 0 Å². The Balaban J connectivity index is 4.00. The van der Waals surface area contributed by atoms with E-state index in [0.717, 1.165) is 77.0 Å². The van der Waals surface area contributed by atoms with E-state index < -0.39 is 5.97 Å². The maximum Gasteiger partial charge on any atom is 0.322 e. The van der Waals surface area contributed by atoms with Crippen LogP contribution in [0, 0.1) is 0 Å². The molecule has 2 N–H and O–H groups in total. The number of carboxylic acids is 1. The lowest BCUT2D eigenvalue weighted by atomic mass is 10.0. The minimum atomic E-state index is -1.03. The normalized spacial score (nSPS) is 12.7. The summed E-state index contributed by atoms with van der Waals surface area (Å²) in [6.07, 6.45) is 53.7. The average molecular weight is 726 g/mol. The highest BCUT2D eigenvalue weighted by molar-refractivity contribution is 5.80. The molecular weight excluding hydrogens is 647 g/mol. The summed E-state index contributed by atoms with van der Waals surface area (Å²) < 4.78 is 5.90. The Morgan fingerprint density at radius 3 is 1.56 bits per heavy atom. The van der Waals surface area contributed by atoms with Crippen molar-refractivity contribution in [3.63, 3.8) is 0 Å². The SMILES string of the molecule is CC/C=C\C/C=C\C/C=C\C/C=C\CCCCCCCCCCCCC(=O)OC(/C=C\CCCCCCCC)CCCCCCC(=O)NCC(=O)O. The van der Waals surface area contributed by atoms with Gasteiger partial charge in [-0.3, -0.25) is 14.4 Å².